The Balaban J connectivity index is 1.47. The van der Waals surface area contributed by atoms with Crippen molar-refractivity contribution in [1.29, 1.82) is 0 Å². The molecule has 0 saturated carbocycles. The summed E-state index contributed by atoms with van der Waals surface area (Å²) in [5, 5.41) is 0. The maximum Gasteiger partial charge on any atom is 0.338 e. The topological polar surface area (TPSA) is 72.5 Å². The molecule has 0 aliphatic heterocycles. The molecule has 5 nitrogen and oxygen atoms in total. The normalized spacial score (nSPS) is 11.5. The van der Waals surface area contributed by atoms with Crippen LogP contribution in [0.1, 0.15) is 41.6 Å². The van der Waals surface area contributed by atoms with Gasteiger partial charge >= 0.3 is 5.97 Å². The first-order valence-electron chi connectivity index (χ1n) is 10.2. The van der Waals surface area contributed by atoms with Crippen molar-refractivity contribution in [2.45, 2.75) is 37.0 Å². The minimum Gasteiger partial charge on any atom is -0.465 e. The van der Waals surface area contributed by atoms with Crippen LogP contribution in [0.25, 0.3) is 11.1 Å². The van der Waals surface area contributed by atoms with Crippen LogP contribution in [0, 0.1) is 0 Å². The zero-order valence-electron chi connectivity index (χ0n) is 17.1. The number of nitrogens with one attached hydrogen (secondary N) is 1. The predicted molar refractivity (Wildman–Crippen MR) is 118 cm³/mol. The van der Waals surface area contributed by atoms with Crippen LogP contribution in [0.4, 0.5) is 0 Å². The Morgan fingerprint density at radius 1 is 0.867 bits per heavy atom. The Morgan fingerprint density at radius 3 is 2.20 bits per heavy atom. The highest BCUT2D eigenvalue weighted by molar-refractivity contribution is 7.89. The van der Waals surface area contributed by atoms with Crippen molar-refractivity contribution in [3.05, 3.63) is 77.9 Å². The zero-order chi connectivity index (χ0) is 21.4. The second kappa shape index (κ2) is 10.4. The fourth-order valence-electron chi connectivity index (χ4n) is 3.56. The van der Waals surface area contributed by atoms with Gasteiger partial charge < -0.3 is 4.74 Å². The maximum atomic E-state index is 12.2. The van der Waals surface area contributed by atoms with Gasteiger partial charge in [0.15, 0.2) is 0 Å². The highest BCUT2D eigenvalue weighted by atomic mass is 32.2. The van der Waals surface area contributed by atoms with E-state index < -0.39 is 10.0 Å². The summed E-state index contributed by atoms with van der Waals surface area (Å²) in [6.45, 7) is 0.429. The van der Waals surface area contributed by atoms with E-state index in [-0.39, 0.29) is 5.97 Å². The van der Waals surface area contributed by atoms with Crippen molar-refractivity contribution >= 4 is 16.0 Å². The molecule has 2 aliphatic rings. The van der Waals surface area contributed by atoms with Gasteiger partial charge in [-0.1, -0.05) is 61.4 Å². The van der Waals surface area contributed by atoms with E-state index in [1.165, 1.54) is 7.11 Å². The number of carbonyl (C=O) groups is 1. The lowest BCUT2D eigenvalue weighted by atomic mass is 10.0. The van der Waals surface area contributed by atoms with E-state index in [0.717, 1.165) is 48.8 Å². The van der Waals surface area contributed by atoms with Gasteiger partial charge in [-0.15, -0.1) is 0 Å². The van der Waals surface area contributed by atoms with Gasteiger partial charge in [-0.3, -0.25) is 0 Å². The smallest absolute Gasteiger partial charge is 0.338 e. The average Bonchev–Trinajstić information content (AvgIpc) is 2.93. The lowest BCUT2D eigenvalue weighted by Gasteiger charge is -2.07. The number of aryl methyl sites for hydroxylation is 1. The SMILES string of the molecule is COC(=O)c1cc(CCCCCCNS(=O)(=O)c2ccccc2)c2cccccc1-2. The molecule has 0 unspecified atom stereocenters. The van der Waals surface area contributed by atoms with Crippen LogP contribution >= 0.6 is 0 Å². The van der Waals surface area contributed by atoms with E-state index in [0.29, 0.717) is 17.0 Å². The summed E-state index contributed by atoms with van der Waals surface area (Å²) >= 11 is 0. The molecule has 0 spiro atoms. The molecule has 158 valence electrons. The molecule has 0 amide bonds. The molecule has 1 N–H and O–H groups in total. The molecule has 0 heterocycles. The quantitative estimate of drug-likeness (QED) is 0.379. The fourth-order valence-corrected chi connectivity index (χ4v) is 4.66. The van der Waals surface area contributed by atoms with Crippen molar-refractivity contribution in [3.63, 3.8) is 0 Å². The molecule has 0 saturated heterocycles. The van der Waals surface area contributed by atoms with Gasteiger partial charge in [-0.2, -0.15) is 0 Å². The number of carbonyl (C=O) groups excluding carboxylic acids is 1. The van der Waals surface area contributed by atoms with E-state index in [1.807, 2.05) is 36.4 Å². The minimum absolute atomic E-state index is 0.294. The lowest BCUT2D eigenvalue weighted by molar-refractivity contribution is 0.0602. The summed E-state index contributed by atoms with van der Waals surface area (Å²) in [4.78, 5) is 12.4. The molecule has 0 atom stereocenters. The van der Waals surface area contributed by atoms with Crippen molar-refractivity contribution < 1.29 is 17.9 Å². The molecule has 0 radical (unpaired) electrons. The van der Waals surface area contributed by atoms with Gasteiger partial charge in [0.1, 0.15) is 0 Å². The molecule has 1 aromatic carbocycles. The number of methoxy groups -OCH3 is 1. The third-order valence-electron chi connectivity index (χ3n) is 5.12. The first kappa shape index (κ1) is 22.0. The second-order valence-electron chi connectivity index (χ2n) is 7.19. The molecular formula is C24H27NO4S. The number of hydrogen-bond donors (Lipinski definition) is 1. The molecule has 0 bridgehead atoms. The van der Waals surface area contributed by atoms with Gasteiger partial charge in [0.2, 0.25) is 10.0 Å². The molecule has 6 heteroatoms. The number of rotatable bonds is 10. The fraction of sp³-hybridized carbons (Fsp3) is 0.292. The van der Waals surface area contributed by atoms with Crippen molar-refractivity contribution in [2.24, 2.45) is 0 Å². The molecule has 0 aromatic heterocycles. The molecular weight excluding hydrogens is 398 g/mol. The summed E-state index contributed by atoms with van der Waals surface area (Å²) < 4.78 is 32.0. The summed E-state index contributed by atoms with van der Waals surface area (Å²) in [6, 6.07) is 20.2. The largest absolute Gasteiger partial charge is 0.465 e. The monoisotopic (exact) mass is 425 g/mol. The molecule has 0 fully saturated rings. The van der Waals surface area contributed by atoms with Crippen LogP contribution in [-0.2, 0) is 21.2 Å². The van der Waals surface area contributed by atoms with Crippen molar-refractivity contribution in [2.75, 3.05) is 13.7 Å². The average molecular weight is 426 g/mol. The van der Waals surface area contributed by atoms with E-state index in [2.05, 4.69) is 4.72 Å². The molecule has 1 aromatic rings. The van der Waals surface area contributed by atoms with Gasteiger partial charge in [0.05, 0.1) is 17.6 Å². The highest BCUT2D eigenvalue weighted by Gasteiger charge is 2.19. The van der Waals surface area contributed by atoms with Gasteiger partial charge in [0, 0.05) is 6.54 Å². The minimum atomic E-state index is -3.43. The predicted octanol–water partition coefficient (Wildman–Crippen LogP) is 4.66. The number of esters is 1. The summed E-state index contributed by atoms with van der Waals surface area (Å²) in [5.74, 6) is -0.317. The lowest BCUT2D eigenvalue weighted by Crippen LogP contribution is -2.24. The van der Waals surface area contributed by atoms with Gasteiger partial charge in [-0.25, -0.2) is 17.9 Å². The van der Waals surface area contributed by atoms with Crippen LogP contribution in [0.15, 0.2) is 71.6 Å². The van der Waals surface area contributed by atoms with E-state index >= 15 is 0 Å². The Bertz CT molecular complexity index is 1050. The van der Waals surface area contributed by atoms with E-state index in [9.17, 15) is 13.2 Å². The van der Waals surface area contributed by atoms with Gasteiger partial charge in [-0.05, 0) is 54.2 Å². The number of ether oxygens (including phenoxy) is 1. The molecule has 2 aliphatic carbocycles. The molecule has 30 heavy (non-hydrogen) atoms. The number of hydrogen-bond acceptors (Lipinski definition) is 4. The number of unbranched alkanes of at least 4 members (excludes halogenated alkanes) is 3. The summed E-state index contributed by atoms with van der Waals surface area (Å²) in [7, 11) is -2.03. The summed E-state index contributed by atoms with van der Waals surface area (Å²) in [5.41, 5.74) is 3.74. The van der Waals surface area contributed by atoms with Crippen LogP contribution in [-0.4, -0.2) is 28.0 Å². The molecule has 3 rings (SSSR count). The number of fused-ring (bicyclic) bond motifs is 1. The number of benzene rings is 1. The first-order valence-corrected chi connectivity index (χ1v) is 11.6. The van der Waals surface area contributed by atoms with E-state index in [4.69, 9.17) is 4.74 Å². The van der Waals surface area contributed by atoms with Crippen LogP contribution in [0.3, 0.4) is 0 Å². The Labute approximate surface area is 178 Å². The standard InChI is InChI=1S/C24H27NO4S/c1-29-24(26)23-18-19(21-15-9-5-10-16-22(21)23)12-6-2-3-11-17-25-30(27,28)20-13-7-4-8-14-20/h4-5,7-10,13-16,18,25H,2-3,6,11-12,17H2,1H3. The van der Waals surface area contributed by atoms with Crippen LogP contribution in [0.5, 0.6) is 0 Å². The Kier molecular flexibility index (Phi) is 7.60. The first-order chi connectivity index (χ1) is 14.5. The number of sulfonamides is 1. The van der Waals surface area contributed by atoms with Crippen molar-refractivity contribution in [1.82, 2.24) is 4.72 Å². The van der Waals surface area contributed by atoms with Crippen LogP contribution in [0.2, 0.25) is 0 Å². The highest BCUT2D eigenvalue weighted by Crippen LogP contribution is 2.33. The third kappa shape index (κ3) is 5.46. The Hall–Kier alpha value is -2.70. The third-order valence-corrected chi connectivity index (χ3v) is 6.59. The van der Waals surface area contributed by atoms with Gasteiger partial charge in [0.25, 0.3) is 0 Å². The van der Waals surface area contributed by atoms with Crippen LogP contribution < -0.4 is 4.72 Å². The second-order valence-corrected chi connectivity index (χ2v) is 8.95. The Morgan fingerprint density at radius 2 is 1.50 bits per heavy atom. The zero-order valence-corrected chi connectivity index (χ0v) is 18.0. The van der Waals surface area contributed by atoms with Crippen molar-refractivity contribution in [3.8, 4) is 11.1 Å². The van der Waals surface area contributed by atoms with E-state index in [1.54, 1.807) is 30.3 Å². The maximum absolute atomic E-state index is 12.2. The summed E-state index contributed by atoms with van der Waals surface area (Å²) in [6.07, 6.45) is 4.56.